The molecule has 3 rings (SSSR count). The molecule has 0 aromatic heterocycles. The van der Waals surface area contributed by atoms with E-state index in [2.05, 4.69) is 23.1 Å². The molecular formula is C19H22FN3O. The molecule has 2 unspecified atom stereocenters. The van der Waals surface area contributed by atoms with Gasteiger partial charge >= 0.3 is 0 Å². The third-order valence-electron chi connectivity index (χ3n) is 4.92. The quantitative estimate of drug-likeness (QED) is 0.802. The number of halogens is 1. The zero-order valence-electron chi connectivity index (χ0n) is 13.7. The van der Waals surface area contributed by atoms with Gasteiger partial charge in [0.05, 0.1) is 6.07 Å². The lowest BCUT2D eigenvalue weighted by atomic mass is 9.93. The number of hydrogen-bond acceptors (Lipinski definition) is 3. The highest BCUT2D eigenvalue weighted by molar-refractivity contribution is 5.79. The van der Waals surface area contributed by atoms with E-state index in [9.17, 15) is 14.4 Å². The van der Waals surface area contributed by atoms with Crippen molar-refractivity contribution in [2.24, 2.45) is 5.92 Å². The van der Waals surface area contributed by atoms with Crippen molar-refractivity contribution in [3.63, 3.8) is 0 Å². The molecule has 1 aliphatic heterocycles. The van der Waals surface area contributed by atoms with Gasteiger partial charge in [-0.3, -0.25) is 9.69 Å². The summed E-state index contributed by atoms with van der Waals surface area (Å²) in [6.07, 6.45) is 7.00. The van der Waals surface area contributed by atoms with Crippen molar-refractivity contribution in [3.8, 4) is 6.07 Å². The van der Waals surface area contributed by atoms with Crippen LogP contribution in [0.4, 0.5) is 4.39 Å². The molecule has 1 amide bonds. The topological polar surface area (TPSA) is 47.3 Å². The fourth-order valence-corrected chi connectivity index (χ4v) is 3.49. The van der Waals surface area contributed by atoms with E-state index in [0.29, 0.717) is 26.2 Å². The minimum Gasteiger partial charge on any atom is -0.340 e. The average Bonchev–Trinajstić information content (AvgIpc) is 2.64. The molecule has 1 aromatic carbocycles. The van der Waals surface area contributed by atoms with Gasteiger partial charge in [0.25, 0.3) is 0 Å². The van der Waals surface area contributed by atoms with E-state index in [1.807, 2.05) is 4.90 Å². The van der Waals surface area contributed by atoms with E-state index in [0.717, 1.165) is 24.8 Å². The molecule has 0 saturated carbocycles. The summed E-state index contributed by atoms with van der Waals surface area (Å²) in [5.74, 6) is 0.0621. The molecule has 1 fully saturated rings. The number of rotatable bonds is 3. The highest BCUT2D eigenvalue weighted by atomic mass is 19.1. The molecule has 2 atom stereocenters. The Balaban J connectivity index is 1.59. The van der Waals surface area contributed by atoms with Crippen molar-refractivity contribution in [3.05, 3.63) is 47.8 Å². The van der Waals surface area contributed by atoms with Crippen LogP contribution < -0.4 is 0 Å². The van der Waals surface area contributed by atoms with Crippen molar-refractivity contribution in [1.82, 2.24) is 9.80 Å². The first-order valence-corrected chi connectivity index (χ1v) is 8.52. The fourth-order valence-electron chi connectivity index (χ4n) is 3.49. The number of amides is 1. The zero-order chi connectivity index (χ0) is 16.9. The molecule has 1 aromatic rings. The number of nitrogens with zero attached hydrogens (tertiary/aromatic N) is 3. The van der Waals surface area contributed by atoms with E-state index in [-0.39, 0.29) is 23.7 Å². The lowest BCUT2D eigenvalue weighted by Crippen LogP contribution is -2.51. The van der Waals surface area contributed by atoms with Crippen LogP contribution in [0.25, 0.3) is 0 Å². The maximum absolute atomic E-state index is 13.1. The van der Waals surface area contributed by atoms with Gasteiger partial charge in [-0.25, -0.2) is 4.39 Å². The largest absolute Gasteiger partial charge is 0.340 e. The zero-order valence-corrected chi connectivity index (χ0v) is 13.7. The first-order valence-electron chi connectivity index (χ1n) is 8.52. The van der Waals surface area contributed by atoms with E-state index in [1.165, 1.54) is 12.1 Å². The number of hydrogen-bond donors (Lipinski definition) is 0. The second-order valence-electron chi connectivity index (χ2n) is 6.43. The Kier molecular flexibility index (Phi) is 5.27. The van der Waals surface area contributed by atoms with E-state index < -0.39 is 0 Å². The van der Waals surface area contributed by atoms with Gasteiger partial charge in [-0.2, -0.15) is 5.26 Å². The van der Waals surface area contributed by atoms with Gasteiger partial charge in [-0.05, 0) is 37.0 Å². The van der Waals surface area contributed by atoms with Gasteiger partial charge in [0.1, 0.15) is 11.9 Å². The van der Waals surface area contributed by atoms with Crippen LogP contribution in [-0.2, 0) is 4.79 Å². The Hall–Kier alpha value is -2.19. The Morgan fingerprint density at radius 2 is 1.88 bits per heavy atom. The lowest BCUT2D eigenvalue weighted by molar-refractivity contribution is -0.137. The molecule has 5 heteroatoms. The first kappa shape index (κ1) is 16.7. The predicted molar refractivity (Wildman–Crippen MR) is 89.4 cm³/mol. The highest BCUT2D eigenvalue weighted by Crippen LogP contribution is 2.24. The van der Waals surface area contributed by atoms with Crippen LogP contribution in [0, 0.1) is 23.1 Å². The van der Waals surface area contributed by atoms with Crippen molar-refractivity contribution < 1.29 is 9.18 Å². The van der Waals surface area contributed by atoms with Crippen molar-refractivity contribution >= 4 is 5.91 Å². The SMILES string of the molecule is N#CC(c1ccc(F)cc1)N1CCN(C(=O)C2CC=CCC2)CC1. The fraction of sp³-hybridized carbons (Fsp3) is 0.474. The van der Waals surface area contributed by atoms with Crippen LogP contribution in [0.3, 0.4) is 0 Å². The molecule has 1 aliphatic carbocycles. The van der Waals surface area contributed by atoms with Crippen LogP contribution in [0.15, 0.2) is 36.4 Å². The van der Waals surface area contributed by atoms with Gasteiger partial charge in [-0.1, -0.05) is 24.3 Å². The number of benzene rings is 1. The second kappa shape index (κ2) is 7.59. The number of piperazine rings is 1. The summed E-state index contributed by atoms with van der Waals surface area (Å²) in [4.78, 5) is 16.6. The van der Waals surface area contributed by atoms with Crippen LogP contribution in [0.2, 0.25) is 0 Å². The monoisotopic (exact) mass is 327 g/mol. The number of carbonyl (C=O) groups is 1. The summed E-state index contributed by atoms with van der Waals surface area (Å²) < 4.78 is 13.1. The van der Waals surface area contributed by atoms with Gasteiger partial charge < -0.3 is 4.90 Å². The molecule has 24 heavy (non-hydrogen) atoms. The second-order valence-corrected chi connectivity index (χ2v) is 6.43. The molecule has 0 bridgehead atoms. The Morgan fingerprint density at radius 3 is 2.46 bits per heavy atom. The van der Waals surface area contributed by atoms with Crippen LogP contribution in [0.5, 0.6) is 0 Å². The van der Waals surface area contributed by atoms with Crippen LogP contribution in [0.1, 0.15) is 30.9 Å². The number of allylic oxidation sites excluding steroid dienone is 2. The third-order valence-corrected chi connectivity index (χ3v) is 4.92. The van der Waals surface area contributed by atoms with Crippen molar-refractivity contribution in [2.75, 3.05) is 26.2 Å². The van der Waals surface area contributed by atoms with Gasteiger partial charge in [0, 0.05) is 32.1 Å². The van der Waals surface area contributed by atoms with Crippen molar-refractivity contribution in [2.45, 2.75) is 25.3 Å². The van der Waals surface area contributed by atoms with Crippen LogP contribution >= 0.6 is 0 Å². The Bertz CT molecular complexity index is 642. The van der Waals surface area contributed by atoms with Gasteiger partial charge in [-0.15, -0.1) is 0 Å². The summed E-state index contributed by atoms with van der Waals surface area (Å²) in [5.41, 5.74) is 0.802. The molecule has 1 saturated heterocycles. The standard InChI is InChI=1S/C19H22FN3O/c20-17-8-6-15(7-9-17)18(14-21)22-10-12-23(13-11-22)19(24)16-4-2-1-3-5-16/h1-2,6-9,16,18H,3-5,10-13H2. The molecule has 4 nitrogen and oxygen atoms in total. The Morgan fingerprint density at radius 1 is 1.17 bits per heavy atom. The van der Waals surface area contributed by atoms with E-state index in [1.54, 1.807) is 12.1 Å². The normalized spacial score (nSPS) is 22.8. The molecular weight excluding hydrogens is 305 g/mol. The van der Waals surface area contributed by atoms with Gasteiger partial charge in [0.2, 0.25) is 5.91 Å². The van der Waals surface area contributed by atoms with E-state index in [4.69, 9.17) is 0 Å². The molecule has 0 spiro atoms. The first-order chi connectivity index (χ1) is 11.7. The summed E-state index contributed by atoms with van der Waals surface area (Å²) >= 11 is 0. The molecule has 0 N–H and O–H groups in total. The molecule has 2 aliphatic rings. The minimum absolute atomic E-state index is 0.116. The lowest BCUT2D eigenvalue weighted by Gasteiger charge is -2.38. The minimum atomic E-state index is -0.388. The Labute approximate surface area is 142 Å². The molecule has 0 radical (unpaired) electrons. The highest BCUT2D eigenvalue weighted by Gasteiger charge is 2.30. The summed E-state index contributed by atoms with van der Waals surface area (Å²) in [6.45, 7) is 2.64. The van der Waals surface area contributed by atoms with E-state index >= 15 is 0 Å². The number of nitriles is 1. The van der Waals surface area contributed by atoms with Gasteiger partial charge in [0.15, 0.2) is 0 Å². The predicted octanol–water partition coefficient (Wildman–Crippen LogP) is 2.89. The summed E-state index contributed by atoms with van der Waals surface area (Å²) in [7, 11) is 0. The summed E-state index contributed by atoms with van der Waals surface area (Å²) in [5, 5.41) is 9.51. The maximum atomic E-state index is 13.1. The molecule has 126 valence electrons. The third kappa shape index (κ3) is 3.65. The van der Waals surface area contributed by atoms with Crippen LogP contribution in [-0.4, -0.2) is 41.9 Å². The summed E-state index contributed by atoms with van der Waals surface area (Å²) in [6, 6.07) is 8.01. The smallest absolute Gasteiger partial charge is 0.226 e. The average molecular weight is 327 g/mol. The van der Waals surface area contributed by atoms with Crippen molar-refractivity contribution in [1.29, 1.82) is 5.26 Å². The maximum Gasteiger partial charge on any atom is 0.226 e. The molecule has 1 heterocycles. The number of carbonyl (C=O) groups excluding carboxylic acids is 1.